The first kappa shape index (κ1) is 4.47. The number of hydrogen-bond acceptors (Lipinski definition) is 3. The molecule has 0 aromatic rings. The topological polar surface area (TPSA) is 36.4 Å². The summed E-state index contributed by atoms with van der Waals surface area (Å²) in [6, 6.07) is 0. The molecule has 1 atom stereocenters. The molecule has 1 unspecified atom stereocenters. The summed E-state index contributed by atoms with van der Waals surface area (Å²) in [4.78, 5) is 4.23. The van der Waals surface area contributed by atoms with E-state index in [0.717, 1.165) is 19.5 Å². The fraction of sp³-hybridized carbons (Fsp3) is 0.800. The van der Waals surface area contributed by atoms with E-state index in [9.17, 15) is 0 Å². The van der Waals surface area contributed by atoms with E-state index in [-0.39, 0.29) is 5.79 Å². The molecular weight excluding hydrogens is 102 g/mol. The van der Waals surface area contributed by atoms with Crippen LogP contribution < -0.4 is 10.6 Å². The van der Waals surface area contributed by atoms with Gasteiger partial charge in [-0.15, -0.1) is 0 Å². The molecule has 0 amide bonds. The van der Waals surface area contributed by atoms with Gasteiger partial charge in [0.25, 0.3) is 0 Å². The maximum absolute atomic E-state index is 4.23. The third-order valence-electron chi connectivity index (χ3n) is 1.70. The van der Waals surface area contributed by atoms with Gasteiger partial charge in [0.2, 0.25) is 0 Å². The first-order valence-electron chi connectivity index (χ1n) is 2.95. The van der Waals surface area contributed by atoms with Crippen LogP contribution in [0.3, 0.4) is 0 Å². The molecule has 2 aliphatic heterocycles. The normalized spacial score (nSPS) is 43.0. The highest BCUT2D eigenvalue weighted by atomic mass is 15.4. The molecule has 0 radical (unpaired) electrons. The standard InChI is InChI=1S/C5H9N3/c1-2-6-5(1)7-3-4-8-5/h3,6,8H,1-2,4H2. The van der Waals surface area contributed by atoms with Gasteiger partial charge in [-0.3, -0.25) is 15.6 Å². The number of nitrogens with one attached hydrogen (secondary N) is 2. The molecule has 3 nitrogen and oxygen atoms in total. The zero-order valence-corrected chi connectivity index (χ0v) is 4.65. The highest BCUT2D eigenvalue weighted by molar-refractivity contribution is 5.63. The Labute approximate surface area is 48.2 Å². The van der Waals surface area contributed by atoms with Crippen molar-refractivity contribution in [2.24, 2.45) is 4.99 Å². The summed E-state index contributed by atoms with van der Waals surface area (Å²) >= 11 is 0. The number of nitrogens with zero attached hydrogens (tertiary/aromatic N) is 1. The van der Waals surface area contributed by atoms with Gasteiger partial charge in [0.05, 0.1) is 0 Å². The summed E-state index contributed by atoms with van der Waals surface area (Å²) in [5.74, 6) is -0.0139. The Hall–Kier alpha value is -0.410. The summed E-state index contributed by atoms with van der Waals surface area (Å²) in [6.07, 6.45) is 3.07. The Morgan fingerprint density at radius 2 is 2.38 bits per heavy atom. The molecule has 0 bridgehead atoms. The Bertz CT molecular complexity index is 126. The van der Waals surface area contributed by atoms with Crippen molar-refractivity contribution >= 4 is 6.21 Å². The second-order valence-electron chi connectivity index (χ2n) is 2.23. The van der Waals surface area contributed by atoms with Gasteiger partial charge in [0, 0.05) is 25.7 Å². The monoisotopic (exact) mass is 111 g/mol. The maximum Gasteiger partial charge on any atom is 0.165 e. The van der Waals surface area contributed by atoms with Crippen LogP contribution in [-0.2, 0) is 0 Å². The first-order chi connectivity index (χ1) is 3.91. The van der Waals surface area contributed by atoms with Gasteiger partial charge in [0.1, 0.15) is 0 Å². The van der Waals surface area contributed by atoms with Gasteiger partial charge < -0.3 is 0 Å². The fourth-order valence-corrected chi connectivity index (χ4v) is 1.08. The van der Waals surface area contributed by atoms with Gasteiger partial charge >= 0.3 is 0 Å². The van der Waals surface area contributed by atoms with Crippen LogP contribution in [0.2, 0.25) is 0 Å². The third kappa shape index (κ3) is 0.428. The average Bonchev–Trinajstić information content (AvgIpc) is 2.07. The lowest BCUT2D eigenvalue weighted by Gasteiger charge is -2.36. The van der Waals surface area contributed by atoms with Gasteiger partial charge in [-0.25, -0.2) is 0 Å². The van der Waals surface area contributed by atoms with Crippen molar-refractivity contribution < 1.29 is 0 Å². The van der Waals surface area contributed by atoms with Crippen LogP contribution in [0.4, 0.5) is 0 Å². The Kier molecular flexibility index (Phi) is 0.725. The van der Waals surface area contributed by atoms with E-state index >= 15 is 0 Å². The predicted molar refractivity (Wildman–Crippen MR) is 31.8 cm³/mol. The van der Waals surface area contributed by atoms with Crippen LogP contribution in [0, 0.1) is 0 Å². The second-order valence-corrected chi connectivity index (χ2v) is 2.23. The molecule has 44 valence electrons. The molecule has 1 fully saturated rings. The van der Waals surface area contributed by atoms with E-state index in [1.807, 2.05) is 6.21 Å². The summed E-state index contributed by atoms with van der Waals surface area (Å²) in [7, 11) is 0. The van der Waals surface area contributed by atoms with Gasteiger partial charge in [-0.2, -0.15) is 0 Å². The summed E-state index contributed by atoms with van der Waals surface area (Å²) < 4.78 is 0. The van der Waals surface area contributed by atoms with Crippen molar-refractivity contribution in [3.8, 4) is 0 Å². The smallest absolute Gasteiger partial charge is 0.165 e. The molecule has 0 aliphatic carbocycles. The molecule has 1 spiro atoms. The van der Waals surface area contributed by atoms with E-state index < -0.39 is 0 Å². The van der Waals surface area contributed by atoms with Crippen LogP contribution in [-0.4, -0.2) is 25.1 Å². The molecule has 3 heteroatoms. The van der Waals surface area contributed by atoms with Gasteiger partial charge in [0.15, 0.2) is 5.79 Å². The lowest BCUT2D eigenvalue weighted by Crippen LogP contribution is -2.62. The van der Waals surface area contributed by atoms with Crippen molar-refractivity contribution in [3.05, 3.63) is 0 Å². The first-order valence-corrected chi connectivity index (χ1v) is 2.95. The third-order valence-corrected chi connectivity index (χ3v) is 1.70. The van der Waals surface area contributed by atoms with E-state index in [0.29, 0.717) is 0 Å². The molecule has 2 aliphatic rings. The van der Waals surface area contributed by atoms with Gasteiger partial charge in [-0.05, 0) is 0 Å². The Balaban J connectivity index is 2.13. The molecular formula is C5H9N3. The quantitative estimate of drug-likeness (QED) is 0.434. The largest absolute Gasteiger partial charge is 0.281 e. The molecule has 0 saturated carbocycles. The van der Waals surface area contributed by atoms with Crippen LogP contribution in [0.25, 0.3) is 0 Å². The molecule has 2 N–H and O–H groups in total. The summed E-state index contributed by atoms with van der Waals surface area (Å²) in [6.45, 7) is 2.03. The van der Waals surface area contributed by atoms with Crippen LogP contribution in [0.15, 0.2) is 4.99 Å². The van der Waals surface area contributed by atoms with Gasteiger partial charge in [-0.1, -0.05) is 0 Å². The minimum absolute atomic E-state index is 0.0139. The van der Waals surface area contributed by atoms with E-state index in [1.165, 1.54) is 0 Å². The van der Waals surface area contributed by atoms with Crippen LogP contribution in [0.1, 0.15) is 6.42 Å². The predicted octanol–water partition coefficient (Wildman–Crippen LogP) is -0.693. The molecule has 2 rings (SSSR count). The SMILES string of the molecule is C1=NC2(CCN2)NC1. The van der Waals surface area contributed by atoms with Crippen molar-refractivity contribution in [1.82, 2.24) is 10.6 Å². The lowest BCUT2D eigenvalue weighted by molar-refractivity contribution is 0.188. The highest BCUT2D eigenvalue weighted by Crippen LogP contribution is 2.17. The van der Waals surface area contributed by atoms with E-state index in [1.54, 1.807) is 0 Å². The number of aliphatic imine (C=N–C) groups is 1. The van der Waals surface area contributed by atoms with Crippen molar-refractivity contribution in [2.45, 2.75) is 12.2 Å². The Morgan fingerprint density at radius 3 is 2.62 bits per heavy atom. The fourth-order valence-electron chi connectivity index (χ4n) is 1.08. The average molecular weight is 111 g/mol. The minimum Gasteiger partial charge on any atom is -0.281 e. The summed E-state index contributed by atoms with van der Waals surface area (Å²) in [5.41, 5.74) is 0. The van der Waals surface area contributed by atoms with E-state index in [4.69, 9.17) is 0 Å². The van der Waals surface area contributed by atoms with E-state index in [2.05, 4.69) is 15.6 Å². The van der Waals surface area contributed by atoms with Crippen molar-refractivity contribution in [1.29, 1.82) is 0 Å². The maximum atomic E-state index is 4.23. The lowest BCUT2D eigenvalue weighted by atomic mass is 10.1. The minimum atomic E-state index is -0.0139. The molecule has 2 heterocycles. The highest BCUT2D eigenvalue weighted by Gasteiger charge is 2.36. The van der Waals surface area contributed by atoms with Crippen LogP contribution in [0.5, 0.6) is 0 Å². The zero-order valence-electron chi connectivity index (χ0n) is 4.65. The molecule has 0 aromatic carbocycles. The zero-order chi connectivity index (χ0) is 5.45. The molecule has 8 heavy (non-hydrogen) atoms. The Morgan fingerprint density at radius 1 is 1.50 bits per heavy atom. The van der Waals surface area contributed by atoms with Crippen molar-refractivity contribution in [2.75, 3.05) is 13.1 Å². The van der Waals surface area contributed by atoms with Crippen LogP contribution >= 0.6 is 0 Å². The summed E-state index contributed by atoms with van der Waals surface area (Å²) in [5, 5.41) is 6.45. The number of rotatable bonds is 0. The molecule has 0 aromatic heterocycles. The second kappa shape index (κ2) is 1.30. The number of hydrogen-bond donors (Lipinski definition) is 2. The molecule has 1 saturated heterocycles. The van der Waals surface area contributed by atoms with Crippen molar-refractivity contribution in [3.63, 3.8) is 0 Å².